The zero-order valence-electron chi connectivity index (χ0n) is 14.2. The summed E-state index contributed by atoms with van der Waals surface area (Å²) in [6.45, 7) is 3.15. The third kappa shape index (κ3) is 3.21. The Kier molecular flexibility index (Phi) is 4.14. The van der Waals surface area contributed by atoms with Crippen LogP contribution in [0, 0.1) is 11.2 Å². The van der Waals surface area contributed by atoms with Gasteiger partial charge in [-0.05, 0) is 37.8 Å². The van der Waals surface area contributed by atoms with Gasteiger partial charge in [0, 0.05) is 37.8 Å². The second kappa shape index (κ2) is 6.20. The summed E-state index contributed by atoms with van der Waals surface area (Å²) in [6.07, 6.45) is 3.92. The van der Waals surface area contributed by atoms with Crippen LogP contribution in [0.15, 0.2) is 18.3 Å². The summed E-state index contributed by atoms with van der Waals surface area (Å²) in [5, 5.41) is 0. The summed E-state index contributed by atoms with van der Waals surface area (Å²) >= 11 is 0. The molecule has 4 rings (SSSR count). The van der Waals surface area contributed by atoms with Gasteiger partial charge in [0.25, 0.3) is 5.91 Å². The van der Waals surface area contributed by atoms with Gasteiger partial charge in [0.1, 0.15) is 0 Å². The van der Waals surface area contributed by atoms with Crippen LogP contribution in [0.25, 0.3) is 0 Å². The molecule has 0 aromatic carbocycles. The quantitative estimate of drug-likeness (QED) is 0.819. The van der Waals surface area contributed by atoms with Crippen LogP contribution in [0.3, 0.4) is 0 Å². The molecular formula is C18H23F2N3O2. The molecule has 1 unspecified atom stereocenters. The van der Waals surface area contributed by atoms with E-state index in [1.165, 1.54) is 6.07 Å². The second-order valence-corrected chi connectivity index (χ2v) is 7.58. The van der Waals surface area contributed by atoms with E-state index in [4.69, 9.17) is 4.74 Å². The number of ether oxygens (including phenoxy) is 1. The fourth-order valence-electron chi connectivity index (χ4n) is 4.02. The molecule has 3 fully saturated rings. The van der Waals surface area contributed by atoms with E-state index < -0.39 is 5.67 Å². The van der Waals surface area contributed by atoms with Crippen molar-refractivity contribution in [3.8, 4) is 0 Å². The maximum Gasteiger partial charge on any atom is 0.260 e. The number of hydrogen-bond donors (Lipinski definition) is 0. The zero-order valence-corrected chi connectivity index (χ0v) is 14.2. The number of alkyl halides is 1. The third-order valence-electron chi connectivity index (χ3n) is 5.50. The van der Waals surface area contributed by atoms with E-state index in [-0.39, 0.29) is 17.1 Å². The summed E-state index contributed by atoms with van der Waals surface area (Å²) < 4.78 is 34.2. The van der Waals surface area contributed by atoms with Crippen molar-refractivity contribution in [3.63, 3.8) is 0 Å². The molecule has 1 spiro atoms. The molecule has 2 saturated heterocycles. The van der Waals surface area contributed by atoms with Crippen molar-refractivity contribution in [3.05, 3.63) is 24.1 Å². The predicted molar refractivity (Wildman–Crippen MR) is 88.5 cm³/mol. The number of pyridine rings is 1. The predicted octanol–water partition coefficient (Wildman–Crippen LogP) is 2.17. The molecule has 1 saturated carbocycles. The van der Waals surface area contributed by atoms with Crippen LogP contribution in [0.1, 0.15) is 25.7 Å². The van der Waals surface area contributed by atoms with Crippen LogP contribution in [0.5, 0.6) is 0 Å². The van der Waals surface area contributed by atoms with Crippen molar-refractivity contribution in [1.82, 2.24) is 9.88 Å². The minimum Gasteiger partial charge on any atom is -0.379 e. The molecule has 0 radical (unpaired) electrons. The molecule has 1 aromatic heterocycles. The first-order valence-corrected chi connectivity index (χ1v) is 8.93. The smallest absolute Gasteiger partial charge is 0.260 e. The molecule has 0 bridgehead atoms. The van der Waals surface area contributed by atoms with Crippen LogP contribution in [0.2, 0.25) is 0 Å². The normalized spacial score (nSPS) is 28.7. The van der Waals surface area contributed by atoms with Crippen molar-refractivity contribution >= 4 is 11.7 Å². The number of carbonyl (C=O) groups is 1. The Labute approximate surface area is 146 Å². The Balaban J connectivity index is 1.55. The molecule has 0 N–H and O–H groups in total. The lowest BCUT2D eigenvalue weighted by molar-refractivity contribution is -0.142. The number of anilines is 1. The SMILES string of the molecule is O=C(N1CCCC2(COCCN(c3ncccc3F)C2)C1)C1(F)CC1. The van der Waals surface area contributed by atoms with E-state index in [0.29, 0.717) is 58.1 Å². The van der Waals surface area contributed by atoms with Crippen LogP contribution in [0.4, 0.5) is 14.6 Å². The Bertz CT molecular complexity index is 667. The first kappa shape index (κ1) is 16.7. The molecular weight excluding hydrogens is 328 g/mol. The highest BCUT2D eigenvalue weighted by atomic mass is 19.1. The number of halogens is 2. The number of likely N-dealkylation sites (tertiary alicyclic amines) is 1. The lowest BCUT2D eigenvalue weighted by Gasteiger charge is -2.44. The van der Waals surface area contributed by atoms with Gasteiger partial charge in [0.15, 0.2) is 17.3 Å². The number of rotatable bonds is 2. The monoisotopic (exact) mass is 351 g/mol. The van der Waals surface area contributed by atoms with Gasteiger partial charge in [-0.1, -0.05) is 0 Å². The van der Waals surface area contributed by atoms with Gasteiger partial charge < -0.3 is 14.5 Å². The number of aromatic nitrogens is 1. The topological polar surface area (TPSA) is 45.7 Å². The van der Waals surface area contributed by atoms with Crippen LogP contribution in [-0.2, 0) is 9.53 Å². The average Bonchev–Trinajstić information content (AvgIpc) is 3.39. The van der Waals surface area contributed by atoms with Crippen molar-refractivity contribution in [1.29, 1.82) is 0 Å². The lowest BCUT2D eigenvalue weighted by Crippen LogP contribution is -2.54. The van der Waals surface area contributed by atoms with Crippen molar-refractivity contribution in [2.45, 2.75) is 31.4 Å². The Morgan fingerprint density at radius 1 is 1.24 bits per heavy atom. The van der Waals surface area contributed by atoms with Crippen molar-refractivity contribution in [2.75, 3.05) is 44.3 Å². The van der Waals surface area contributed by atoms with Gasteiger partial charge in [-0.3, -0.25) is 4.79 Å². The molecule has 3 aliphatic rings. The Hall–Kier alpha value is -1.76. The van der Waals surface area contributed by atoms with E-state index in [1.807, 2.05) is 4.90 Å². The Morgan fingerprint density at radius 3 is 2.84 bits per heavy atom. The molecule has 1 amide bonds. The fourth-order valence-corrected chi connectivity index (χ4v) is 4.02. The molecule has 1 atom stereocenters. The number of piperidine rings is 1. The van der Waals surface area contributed by atoms with E-state index in [9.17, 15) is 13.6 Å². The molecule has 3 heterocycles. The van der Waals surface area contributed by atoms with Gasteiger partial charge in [-0.25, -0.2) is 13.8 Å². The van der Waals surface area contributed by atoms with Gasteiger partial charge in [0.05, 0.1) is 13.2 Å². The maximum atomic E-state index is 14.2. The molecule has 1 aliphatic carbocycles. The standard InChI is InChI=1S/C18H23F2N3O2/c19-14-3-1-7-21-15(14)22-9-10-25-13-17(11-22)4-2-8-23(12-17)16(24)18(20)5-6-18/h1,3,7H,2,4-6,8-13H2. The number of carbonyl (C=O) groups excluding carboxylic acids is 1. The zero-order chi connectivity index (χ0) is 17.5. The number of hydrogen-bond acceptors (Lipinski definition) is 4. The second-order valence-electron chi connectivity index (χ2n) is 7.58. The minimum absolute atomic E-state index is 0.306. The number of nitrogens with zero attached hydrogens (tertiary/aromatic N) is 3. The molecule has 1 aromatic rings. The van der Waals surface area contributed by atoms with E-state index in [2.05, 4.69) is 4.98 Å². The highest BCUT2D eigenvalue weighted by Crippen LogP contribution is 2.43. The van der Waals surface area contributed by atoms with E-state index in [0.717, 1.165) is 12.8 Å². The average molecular weight is 351 g/mol. The summed E-state index contributed by atoms with van der Waals surface area (Å²) in [6, 6.07) is 2.97. The van der Waals surface area contributed by atoms with E-state index >= 15 is 0 Å². The molecule has 25 heavy (non-hydrogen) atoms. The van der Waals surface area contributed by atoms with Gasteiger partial charge in [-0.15, -0.1) is 0 Å². The van der Waals surface area contributed by atoms with Crippen LogP contribution < -0.4 is 4.90 Å². The molecule has 7 heteroatoms. The summed E-state index contributed by atoms with van der Waals surface area (Å²) in [5.74, 6) is -0.421. The first-order chi connectivity index (χ1) is 12.0. The molecule has 5 nitrogen and oxygen atoms in total. The maximum absolute atomic E-state index is 14.2. The fraction of sp³-hybridized carbons (Fsp3) is 0.667. The van der Waals surface area contributed by atoms with E-state index in [1.54, 1.807) is 17.2 Å². The van der Waals surface area contributed by atoms with Gasteiger partial charge in [-0.2, -0.15) is 0 Å². The Morgan fingerprint density at radius 2 is 2.08 bits per heavy atom. The van der Waals surface area contributed by atoms with Crippen LogP contribution >= 0.6 is 0 Å². The number of amides is 1. The highest BCUT2D eigenvalue weighted by Gasteiger charge is 2.54. The summed E-state index contributed by atoms with van der Waals surface area (Å²) in [5.41, 5.74) is -1.95. The first-order valence-electron chi connectivity index (χ1n) is 8.93. The third-order valence-corrected chi connectivity index (χ3v) is 5.50. The van der Waals surface area contributed by atoms with Gasteiger partial charge in [0.2, 0.25) is 0 Å². The highest BCUT2D eigenvalue weighted by molar-refractivity contribution is 5.88. The minimum atomic E-state index is -1.64. The van der Waals surface area contributed by atoms with Gasteiger partial charge >= 0.3 is 0 Å². The van der Waals surface area contributed by atoms with Crippen molar-refractivity contribution in [2.24, 2.45) is 5.41 Å². The summed E-state index contributed by atoms with van der Waals surface area (Å²) in [7, 11) is 0. The molecule has 2 aliphatic heterocycles. The van der Waals surface area contributed by atoms with Crippen LogP contribution in [-0.4, -0.2) is 60.9 Å². The largest absolute Gasteiger partial charge is 0.379 e. The summed E-state index contributed by atoms with van der Waals surface area (Å²) in [4.78, 5) is 20.2. The molecule has 136 valence electrons. The van der Waals surface area contributed by atoms with Crippen molar-refractivity contribution < 1.29 is 18.3 Å². The lowest BCUT2D eigenvalue weighted by atomic mass is 9.80.